The molecule has 57 heavy (non-hydrogen) atoms. The maximum atomic E-state index is 15.9. The minimum Gasteiger partial charge on any atom is -0.309 e. The molecule has 0 bridgehead atoms. The molecule has 0 unspecified atom stereocenters. The van der Waals surface area contributed by atoms with Crippen molar-refractivity contribution in [2.24, 2.45) is 0 Å². The molecule has 11 rings (SSSR count). The zero-order valence-corrected chi connectivity index (χ0v) is 31.3. The summed E-state index contributed by atoms with van der Waals surface area (Å²) in [6, 6.07) is 56.7. The largest absolute Gasteiger partial charge is 0.309 e. The molecule has 272 valence electrons. The Morgan fingerprint density at radius 2 is 1.09 bits per heavy atom. The van der Waals surface area contributed by atoms with Crippen LogP contribution in [-0.2, 0) is 5.41 Å². The lowest BCUT2D eigenvalue weighted by atomic mass is 9.82. The number of pyridine rings is 1. The van der Waals surface area contributed by atoms with Gasteiger partial charge in [-0.15, -0.1) is 0 Å². The van der Waals surface area contributed by atoms with Crippen LogP contribution in [0.3, 0.4) is 0 Å². The Bertz CT molecular complexity index is 3210. The molecule has 0 aliphatic heterocycles. The van der Waals surface area contributed by atoms with Gasteiger partial charge < -0.3 is 4.90 Å². The zero-order valence-electron chi connectivity index (χ0n) is 31.3. The third-order valence-corrected chi connectivity index (χ3v) is 12.0. The standard InChI is InChI=1S/C52H35F2N3/c1-52(2)42-12-6-5-11-39(42)50-43(52)13-7-15-47(50)56(37-24-21-36(53)22-25-37)45-28-19-33-18-27-41-46(29-20-34-17-26-40(45)48(33)49(34)41)57(51-44(54)14-8-30-55-51)38-23-16-32-9-3-4-10-35(32)31-38/h3-31H,1-2H3. The molecule has 0 saturated heterocycles. The van der Waals surface area contributed by atoms with E-state index in [1.165, 1.54) is 40.5 Å². The van der Waals surface area contributed by atoms with Crippen molar-refractivity contribution in [3.05, 3.63) is 199 Å². The molecule has 0 saturated carbocycles. The second-order valence-corrected chi connectivity index (χ2v) is 15.4. The quantitative estimate of drug-likeness (QED) is 0.158. The predicted octanol–water partition coefficient (Wildman–Crippen LogP) is 14.7. The van der Waals surface area contributed by atoms with Crippen LogP contribution in [0.4, 0.5) is 43.0 Å². The summed E-state index contributed by atoms with van der Waals surface area (Å²) in [5.74, 6) is -0.465. The molecule has 1 aliphatic rings. The van der Waals surface area contributed by atoms with Crippen LogP contribution >= 0.6 is 0 Å². The fourth-order valence-corrected chi connectivity index (χ4v) is 9.31. The van der Waals surface area contributed by atoms with Crippen LogP contribution in [0.5, 0.6) is 0 Å². The number of anilines is 6. The van der Waals surface area contributed by atoms with Gasteiger partial charge in [0.25, 0.3) is 0 Å². The number of rotatable bonds is 6. The first-order valence-corrected chi connectivity index (χ1v) is 19.3. The molecule has 0 radical (unpaired) electrons. The molecule has 5 heteroatoms. The average molecular weight is 740 g/mol. The van der Waals surface area contributed by atoms with Crippen molar-refractivity contribution in [1.82, 2.24) is 4.98 Å². The fourth-order valence-electron chi connectivity index (χ4n) is 9.31. The van der Waals surface area contributed by atoms with E-state index in [-0.39, 0.29) is 17.1 Å². The SMILES string of the molecule is CC1(C)c2ccccc2-c2c(N(c3ccc(F)cc3)c3ccc4ccc5c(N(c6ccc7ccccc7c6)c6ncccc6F)ccc6ccc3c4c65)cccc21. The third kappa shape index (κ3) is 4.98. The normalized spacial score (nSPS) is 13.1. The Hall–Kier alpha value is -7.11. The lowest BCUT2D eigenvalue weighted by Crippen LogP contribution is -2.16. The van der Waals surface area contributed by atoms with Crippen LogP contribution in [0.1, 0.15) is 25.0 Å². The number of hydrogen-bond acceptors (Lipinski definition) is 3. The first-order chi connectivity index (χ1) is 27.9. The van der Waals surface area contributed by atoms with E-state index in [1.807, 2.05) is 35.2 Å². The lowest BCUT2D eigenvalue weighted by Gasteiger charge is -2.31. The van der Waals surface area contributed by atoms with Crippen LogP contribution in [0.15, 0.2) is 176 Å². The molecule has 0 spiro atoms. The van der Waals surface area contributed by atoms with E-state index in [0.717, 1.165) is 71.5 Å². The maximum absolute atomic E-state index is 15.9. The van der Waals surface area contributed by atoms with Crippen molar-refractivity contribution >= 4 is 77.3 Å². The molecule has 0 fully saturated rings. The Morgan fingerprint density at radius 1 is 0.474 bits per heavy atom. The second kappa shape index (κ2) is 12.5. The molecular formula is C52H35F2N3. The summed E-state index contributed by atoms with van der Waals surface area (Å²) in [6.45, 7) is 4.57. The van der Waals surface area contributed by atoms with Gasteiger partial charge in [-0.25, -0.2) is 13.8 Å². The minimum atomic E-state index is -0.409. The molecule has 3 nitrogen and oxygen atoms in total. The first-order valence-electron chi connectivity index (χ1n) is 19.3. The number of halogens is 2. The van der Waals surface area contributed by atoms with Crippen molar-refractivity contribution in [3.63, 3.8) is 0 Å². The van der Waals surface area contributed by atoms with Gasteiger partial charge in [-0.3, -0.25) is 4.90 Å². The highest BCUT2D eigenvalue weighted by Crippen LogP contribution is 2.55. The molecule has 1 aromatic heterocycles. The molecule has 1 aliphatic carbocycles. The van der Waals surface area contributed by atoms with Crippen LogP contribution < -0.4 is 9.80 Å². The topological polar surface area (TPSA) is 19.4 Å². The van der Waals surface area contributed by atoms with Gasteiger partial charge in [-0.1, -0.05) is 117 Å². The third-order valence-electron chi connectivity index (χ3n) is 12.0. The molecule has 0 atom stereocenters. The highest BCUT2D eigenvalue weighted by atomic mass is 19.1. The van der Waals surface area contributed by atoms with Gasteiger partial charge in [0, 0.05) is 39.3 Å². The number of aromatic nitrogens is 1. The minimum absolute atomic E-state index is 0.195. The van der Waals surface area contributed by atoms with Crippen LogP contribution in [0, 0.1) is 11.6 Å². The van der Waals surface area contributed by atoms with Crippen molar-refractivity contribution < 1.29 is 8.78 Å². The number of hydrogen-bond donors (Lipinski definition) is 0. The summed E-state index contributed by atoms with van der Waals surface area (Å²) in [4.78, 5) is 8.83. The lowest BCUT2D eigenvalue weighted by molar-refractivity contribution is 0.623. The summed E-state index contributed by atoms with van der Waals surface area (Å²) in [6.07, 6.45) is 1.64. The fraction of sp³-hybridized carbons (Fsp3) is 0.0577. The van der Waals surface area contributed by atoms with Crippen molar-refractivity contribution in [1.29, 1.82) is 0 Å². The van der Waals surface area contributed by atoms with Gasteiger partial charge in [0.15, 0.2) is 11.6 Å². The Labute approximate surface area is 329 Å². The maximum Gasteiger partial charge on any atom is 0.174 e. The predicted molar refractivity (Wildman–Crippen MR) is 232 cm³/mol. The highest BCUT2D eigenvalue weighted by Gasteiger charge is 2.38. The van der Waals surface area contributed by atoms with E-state index in [1.54, 1.807) is 12.3 Å². The van der Waals surface area contributed by atoms with Crippen molar-refractivity contribution in [3.8, 4) is 11.1 Å². The van der Waals surface area contributed by atoms with Gasteiger partial charge in [0.2, 0.25) is 0 Å². The highest BCUT2D eigenvalue weighted by molar-refractivity contribution is 6.28. The summed E-state index contributed by atoms with van der Waals surface area (Å²) in [5.41, 5.74) is 9.23. The van der Waals surface area contributed by atoms with Gasteiger partial charge in [-0.2, -0.15) is 0 Å². The van der Waals surface area contributed by atoms with E-state index in [0.29, 0.717) is 0 Å². The first kappa shape index (κ1) is 33.2. The Balaban J connectivity index is 1.19. The van der Waals surface area contributed by atoms with Gasteiger partial charge in [0.1, 0.15) is 5.82 Å². The molecule has 1 heterocycles. The molecule has 9 aromatic carbocycles. The van der Waals surface area contributed by atoms with Crippen LogP contribution in [-0.4, -0.2) is 4.98 Å². The monoisotopic (exact) mass is 739 g/mol. The Morgan fingerprint density at radius 3 is 1.82 bits per heavy atom. The number of fused-ring (bicyclic) bond motifs is 4. The summed E-state index contributed by atoms with van der Waals surface area (Å²) >= 11 is 0. The van der Waals surface area contributed by atoms with Crippen LogP contribution in [0.25, 0.3) is 54.2 Å². The van der Waals surface area contributed by atoms with E-state index < -0.39 is 5.82 Å². The summed E-state index contributed by atoms with van der Waals surface area (Å²) < 4.78 is 30.5. The van der Waals surface area contributed by atoms with Crippen molar-refractivity contribution in [2.75, 3.05) is 9.80 Å². The van der Waals surface area contributed by atoms with Crippen LogP contribution in [0.2, 0.25) is 0 Å². The molecule has 0 N–H and O–H groups in total. The molecule has 10 aromatic rings. The number of nitrogens with zero attached hydrogens (tertiary/aromatic N) is 3. The van der Waals surface area contributed by atoms with E-state index in [2.05, 4.69) is 139 Å². The average Bonchev–Trinajstić information content (AvgIpc) is 3.48. The van der Waals surface area contributed by atoms with Gasteiger partial charge >= 0.3 is 0 Å². The molecular weight excluding hydrogens is 705 g/mol. The van der Waals surface area contributed by atoms with E-state index >= 15 is 4.39 Å². The molecule has 0 amide bonds. The summed E-state index contributed by atoms with van der Waals surface area (Å²) in [5, 5.41) is 8.54. The smallest absolute Gasteiger partial charge is 0.174 e. The van der Waals surface area contributed by atoms with E-state index in [9.17, 15) is 4.39 Å². The van der Waals surface area contributed by atoms with E-state index in [4.69, 9.17) is 0 Å². The summed E-state index contributed by atoms with van der Waals surface area (Å²) in [7, 11) is 0. The van der Waals surface area contributed by atoms with Crippen molar-refractivity contribution in [2.45, 2.75) is 19.3 Å². The number of benzene rings is 9. The van der Waals surface area contributed by atoms with Gasteiger partial charge in [-0.05, 0) is 116 Å². The van der Waals surface area contributed by atoms with Gasteiger partial charge in [0.05, 0.1) is 17.1 Å². The zero-order chi connectivity index (χ0) is 38.4. The Kier molecular flexibility index (Phi) is 7.26. The second-order valence-electron chi connectivity index (χ2n) is 15.4.